The fraction of sp³-hybridized carbons (Fsp3) is 0.462. The third kappa shape index (κ3) is 2.06. The molecule has 90 valence electrons. The highest BCUT2D eigenvalue weighted by Crippen LogP contribution is 2.14. The van der Waals surface area contributed by atoms with E-state index in [1.165, 1.54) is 11.9 Å². The van der Waals surface area contributed by atoms with Gasteiger partial charge in [-0.1, -0.05) is 12.1 Å². The van der Waals surface area contributed by atoms with Crippen molar-refractivity contribution in [1.82, 2.24) is 20.2 Å². The lowest BCUT2D eigenvalue weighted by atomic mass is 10.2. The lowest BCUT2D eigenvalue weighted by molar-refractivity contribution is 0.529. The molecule has 1 aliphatic heterocycles. The van der Waals surface area contributed by atoms with E-state index >= 15 is 0 Å². The Morgan fingerprint density at radius 3 is 3.12 bits per heavy atom. The number of nitrogens with zero attached hydrogens (tertiary/aromatic N) is 2. The highest BCUT2D eigenvalue weighted by Gasteiger charge is 2.14. The van der Waals surface area contributed by atoms with E-state index in [0.29, 0.717) is 6.04 Å². The Labute approximate surface area is 101 Å². The van der Waals surface area contributed by atoms with Gasteiger partial charge in [0, 0.05) is 19.6 Å². The topological polar surface area (TPSA) is 41.9 Å². The molecule has 1 saturated heterocycles. The fourth-order valence-corrected chi connectivity index (χ4v) is 2.42. The molecule has 0 bridgehead atoms. The van der Waals surface area contributed by atoms with Gasteiger partial charge in [0.25, 0.3) is 0 Å². The molecule has 0 aliphatic carbocycles. The number of fused-ring (bicyclic) bond motifs is 1. The van der Waals surface area contributed by atoms with Gasteiger partial charge in [0.1, 0.15) is 5.82 Å². The molecule has 3 rings (SSSR count). The van der Waals surface area contributed by atoms with Crippen molar-refractivity contribution < 1.29 is 0 Å². The van der Waals surface area contributed by atoms with Crippen LogP contribution >= 0.6 is 0 Å². The van der Waals surface area contributed by atoms with E-state index < -0.39 is 0 Å². The van der Waals surface area contributed by atoms with Gasteiger partial charge in [-0.2, -0.15) is 0 Å². The van der Waals surface area contributed by atoms with Gasteiger partial charge in [-0.15, -0.1) is 0 Å². The van der Waals surface area contributed by atoms with Crippen LogP contribution in [0.2, 0.25) is 0 Å². The zero-order valence-electron chi connectivity index (χ0n) is 10.1. The van der Waals surface area contributed by atoms with Crippen LogP contribution in [-0.2, 0) is 13.6 Å². The Kier molecular flexibility index (Phi) is 2.82. The lowest BCUT2D eigenvalue weighted by Gasteiger charge is -2.10. The second-order valence-corrected chi connectivity index (χ2v) is 4.65. The summed E-state index contributed by atoms with van der Waals surface area (Å²) in [5, 5.41) is 6.91. The average Bonchev–Trinajstić information content (AvgIpc) is 2.96. The van der Waals surface area contributed by atoms with Crippen molar-refractivity contribution in [3.05, 3.63) is 30.1 Å². The first-order chi connectivity index (χ1) is 8.34. The monoisotopic (exact) mass is 230 g/mol. The molecule has 17 heavy (non-hydrogen) atoms. The molecule has 4 nitrogen and oxygen atoms in total. The third-order valence-corrected chi connectivity index (χ3v) is 3.49. The highest BCUT2D eigenvalue weighted by molar-refractivity contribution is 5.75. The van der Waals surface area contributed by atoms with Gasteiger partial charge in [0.05, 0.1) is 17.6 Å². The van der Waals surface area contributed by atoms with Crippen LogP contribution in [0, 0.1) is 0 Å². The van der Waals surface area contributed by atoms with Crippen LogP contribution in [-0.4, -0.2) is 28.7 Å². The Hall–Kier alpha value is -1.39. The number of hydrogen-bond acceptors (Lipinski definition) is 3. The number of nitrogens with one attached hydrogen (secondary N) is 2. The van der Waals surface area contributed by atoms with Crippen LogP contribution in [0.3, 0.4) is 0 Å². The molecule has 4 heteroatoms. The quantitative estimate of drug-likeness (QED) is 0.827. The molecule has 1 atom stereocenters. The summed E-state index contributed by atoms with van der Waals surface area (Å²) in [6, 6.07) is 8.86. The minimum atomic E-state index is 0.592. The predicted octanol–water partition coefficient (Wildman–Crippen LogP) is 1.02. The van der Waals surface area contributed by atoms with Crippen molar-refractivity contribution in [2.75, 3.05) is 13.1 Å². The van der Waals surface area contributed by atoms with Crippen molar-refractivity contribution in [3.8, 4) is 0 Å². The van der Waals surface area contributed by atoms with Gasteiger partial charge in [-0.25, -0.2) is 4.98 Å². The van der Waals surface area contributed by atoms with Gasteiger partial charge in [-0.3, -0.25) is 0 Å². The normalized spacial score (nSPS) is 20.2. The summed E-state index contributed by atoms with van der Waals surface area (Å²) in [6.07, 6.45) is 1.21. The van der Waals surface area contributed by atoms with Crippen LogP contribution in [0.4, 0.5) is 0 Å². The number of para-hydroxylation sites is 2. The summed E-state index contributed by atoms with van der Waals surface area (Å²) in [4.78, 5) is 4.65. The molecular weight excluding hydrogens is 212 g/mol. The first-order valence-electron chi connectivity index (χ1n) is 6.19. The molecule has 1 fully saturated rings. The second-order valence-electron chi connectivity index (χ2n) is 4.65. The van der Waals surface area contributed by atoms with Crippen LogP contribution in [0.5, 0.6) is 0 Å². The summed E-state index contributed by atoms with van der Waals surface area (Å²) in [7, 11) is 2.08. The largest absolute Gasteiger partial charge is 0.330 e. The molecule has 2 heterocycles. The van der Waals surface area contributed by atoms with E-state index in [4.69, 9.17) is 0 Å². The lowest BCUT2D eigenvalue weighted by Crippen LogP contribution is -2.31. The molecule has 1 aliphatic rings. The maximum Gasteiger partial charge on any atom is 0.123 e. The molecule has 2 aromatic rings. The van der Waals surface area contributed by atoms with Gasteiger partial charge in [-0.05, 0) is 25.1 Å². The van der Waals surface area contributed by atoms with Crippen molar-refractivity contribution >= 4 is 11.0 Å². The molecule has 0 amide bonds. The maximum absolute atomic E-state index is 4.65. The van der Waals surface area contributed by atoms with E-state index in [1.807, 2.05) is 6.07 Å². The SMILES string of the molecule is Cn1c(CNC2CCNC2)nc2ccccc21. The minimum Gasteiger partial charge on any atom is -0.330 e. The van der Waals surface area contributed by atoms with Crippen LogP contribution in [0.25, 0.3) is 11.0 Å². The smallest absolute Gasteiger partial charge is 0.123 e. The summed E-state index contributed by atoms with van der Waals surface area (Å²) < 4.78 is 2.17. The van der Waals surface area contributed by atoms with Crippen molar-refractivity contribution in [2.24, 2.45) is 7.05 Å². The van der Waals surface area contributed by atoms with Gasteiger partial charge in [0.15, 0.2) is 0 Å². The number of aromatic nitrogens is 2. The number of imidazole rings is 1. The van der Waals surface area contributed by atoms with E-state index in [2.05, 4.69) is 45.4 Å². The third-order valence-electron chi connectivity index (χ3n) is 3.49. The number of rotatable bonds is 3. The summed E-state index contributed by atoms with van der Waals surface area (Å²) >= 11 is 0. The number of benzene rings is 1. The summed E-state index contributed by atoms with van der Waals surface area (Å²) in [5.41, 5.74) is 2.28. The molecular formula is C13H18N4. The predicted molar refractivity (Wildman–Crippen MR) is 68.8 cm³/mol. The van der Waals surface area contributed by atoms with E-state index in [9.17, 15) is 0 Å². The standard InChI is InChI=1S/C13H18N4/c1-17-12-5-3-2-4-11(12)16-13(17)9-15-10-6-7-14-8-10/h2-5,10,14-15H,6-9H2,1H3. The Morgan fingerprint density at radius 1 is 1.47 bits per heavy atom. The minimum absolute atomic E-state index is 0.592. The number of aryl methyl sites for hydroxylation is 1. The zero-order valence-corrected chi connectivity index (χ0v) is 10.1. The maximum atomic E-state index is 4.65. The van der Waals surface area contributed by atoms with Crippen molar-refractivity contribution in [2.45, 2.75) is 19.0 Å². The van der Waals surface area contributed by atoms with Crippen LogP contribution < -0.4 is 10.6 Å². The van der Waals surface area contributed by atoms with E-state index in [0.717, 1.165) is 31.0 Å². The number of hydrogen-bond donors (Lipinski definition) is 2. The van der Waals surface area contributed by atoms with Crippen molar-refractivity contribution in [3.63, 3.8) is 0 Å². The van der Waals surface area contributed by atoms with E-state index in [1.54, 1.807) is 0 Å². The summed E-state index contributed by atoms with van der Waals surface area (Å²) in [6.45, 7) is 3.04. The van der Waals surface area contributed by atoms with Crippen molar-refractivity contribution in [1.29, 1.82) is 0 Å². The van der Waals surface area contributed by atoms with Crippen LogP contribution in [0.1, 0.15) is 12.2 Å². The molecule has 0 radical (unpaired) electrons. The molecule has 1 aromatic heterocycles. The second kappa shape index (κ2) is 4.47. The molecule has 1 aromatic carbocycles. The molecule has 2 N–H and O–H groups in total. The van der Waals surface area contributed by atoms with Gasteiger partial charge < -0.3 is 15.2 Å². The average molecular weight is 230 g/mol. The fourth-order valence-electron chi connectivity index (χ4n) is 2.42. The Balaban J connectivity index is 1.78. The first-order valence-corrected chi connectivity index (χ1v) is 6.19. The zero-order chi connectivity index (χ0) is 11.7. The molecule has 0 saturated carbocycles. The summed E-state index contributed by atoms with van der Waals surface area (Å²) in [5.74, 6) is 1.11. The Morgan fingerprint density at radius 2 is 2.35 bits per heavy atom. The van der Waals surface area contributed by atoms with Crippen LogP contribution in [0.15, 0.2) is 24.3 Å². The molecule has 1 unspecified atom stereocenters. The van der Waals surface area contributed by atoms with E-state index in [-0.39, 0.29) is 0 Å². The first kappa shape index (κ1) is 10.7. The van der Waals surface area contributed by atoms with Gasteiger partial charge in [0.2, 0.25) is 0 Å². The Bertz CT molecular complexity index is 511. The van der Waals surface area contributed by atoms with Gasteiger partial charge >= 0.3 is 0 Å². The molecule has 0 spiro atoms. The highest BCUT2D eigenvalue weighted by atomic mass is 15.1.